The highest BCUT2D eigenvalue weighted by Crippen LogP contribution is 2.11. The van der Waals surface area contributed by atoms with Crippen molar-refractivity contribution in [1.82, 2.24) is 10.2 Å². The number of urea groups is 1. The molecule has 21 heavy (non-hydrogen) atoms. The smallest absolute Gasteiger partial charge is 0.371 e. The molecule has 0 radical (unpaired) electrons. The second-order valence-corrected chi connectivity index (χ2v) is 4.95. The van der Waals surface area contributed by atoms with Crippen molar-refractivity contribution in [2.45, 2.75) is 40.2 Å². The first-order valence-electron chi connectivity index (χ1n) is 7.36. The first kappa shape index (κ1) is 17.1. The molecule has 1 heterocycles. The Morgan fingerprint density at radius 3 is 2.43 bits per heavy atom. The van der Waals surface area contributed by atoms with Crippen LogP contribution >= 0.6 is 0 Å². The predicted octanol–water partition coefficient (Wildman–Crippen LogP) is 2.95. The third-order valence-corrected chi connectivity index (χ3v) is 3.59. The third kappa shape index (κ3) is 5.13. The fourth-order valence-corrected chi connectivity index (χ4v) is 2.08. The van der Waals surface area contributed by atoms with Gasteiger partial charge in [-0.2, -0.15) is 0 Å². The van der Waals surface area contributed by atoms with E-state index >= 15 is 0 Å². The van der Waals surface area contributed by atoms with E-state index in [2.05, 4.69) is 19.2 Å². The van der Waals surface area contributed by atoms with Crippen molar-refractivity contribution in [3.8, 4) is 0 Å². The van der Waals surface area contributed by atoms with Crippen molar-refractivity contribution < 1.29 is 19.1 Å². The van der Waals surface area contributed by atoms with Crippen molar-refractivity contribution >= 4 is 12.0 Å². The van der Waals surface area contributed by atoms with Crippen LogP contribution < -0.4 is 5.32 Å². The van der Waals surface area contributed by atoms with Gasteiger partial charge < -0.3 is 19.7 Å². The van der Waals surface area contributed by atoms with Crippen LogP contribution in [0.3, 0.4) is 0 Å². The van der Waals surface area contributed by atoms with Gasteiger partial charge in [0.25, 0.3) is 0 Å². The lowest BCUT2D eigenvalue weighted by Crippen LogP contribution is -2.42. The highest BCUT2D eigenvalue weighted by Gasteiger charge is 2.16. The lowest BCUT2D eigenvalue weighted by molar-refractivity contribution is 0.0660. The number of carboxylic acid groups (broad SMARTS) is 1. The number of hydrogen-bond acceptors (Lipinski definition) is 3. The average molecular weight is 296 g/mol. The van der Waals surface area contributed by atoms with Crippen LogP contribution in [0.15, 0.2) is 16.5 Å². The van der Waals surface area contributed by atoms with E-state index in [9.17, 15) is 9.59 Å². The van der Waals surface area contributed by atoms with Crippen molar-refractivity contribution in [2.75, 3.05) is 13.1 Å². The quantitative estimate of drug-likeness (QED) is 0.772. The Morgan fingerprint density at radius 1 is 1.29 bits per heavy atom. The standard InChI is InChI=1S/C15H24N2O4/c1-4-11(5-2)10-17(6-3)15(20)16-9-12-7-8-13(21-12)14(18)19/h7-8,11H,4-6,9-10H2,1-3H3,(H,16,20)(H,18,19). The monoisotopic (exact) mass is 296 g/mol. The summed E-state index contributed by atoms with van der Waals surface area (Å²) in [6, 6.07) is 2.78. The number of aromatic carboxylic acids is 1. The summed E-state index contributed by atoms with van der Waals surface area (Å²) in [7, 11) is 0. The van der Waals surface area contributed by atoms with Gasteiger partial charge in [-0.1, -0.05) is 26.7 Å². The van der Waals surface area contributed by atoms with Gasteiger partial charge in [0.05, 0.1) is 6.54 Å². The molecule has 0 unspecified atom stereocenters. The van der Waals surface area contributed by atoms with E-state index in [1.165, 1.54) is 6.07 Å². The molecule has 0 saturated carbocycles. The van der Waals surface area contributed by atoms with E-state index in [-0.39, 0.29) is 18.3 Å². The Balaban J connectivity index is 2.51. The zero-order valence-corrected chi connectivity index (χ0v) is 12.9. The molecule has 0 spiro atoms. The zero-order chi connectivity index (χ0) is 15.8. The Bertz CT molecular complexity index is 466. The van der Waals surface area contributed by atoms with E-state index in [1.54, 1.807) is 11.0 Å². The van der Waals surface area contributed by atoms with Gasteiger partial charge in [-0.05, 0) is 25.0 Å². The molecule has 0 saturated heterocycles. The van der Waals surface area contributed by atoms with Gasteiger partial charge in [0.15, 0.2) is 0 Å². The molecule has 6 nitrogen and oxygen atoms in total. The minimum absolute atomic E-state index is 0.122. The van der Waals surface area contributed by atoms with Crippen molar-refractivity contribution in [3.63, 3.8) is 0 Å². The van der Waals surface area contributed by atoms with Crippen LogP contribution in [0.4, 0.5) is 4.79 Å². The molecule has 2 N–H and O–H groups in total. The SMILES string of the molecule is CCC(CC)CN(CC)C(=O)NCc1ccc(C(=O)O)o1. The van der Waals surface area contributed by atoms with Gasteiger partial charge in [-0.25, -0.2) is 9.59 Å². The highest BCUT2D eigenvalue weighted by molar-refractivity contribution is 5.84. The molecule has 0 atom stereocenters. The van der Waals surface area contributed by atoms with Gasteiger partial charge in [-0.15, -0.1) is 0 Å². The van der Waals surface area contributed by atoms with Gasteiger partial charge in [0.1, 0.15) is 5.76 Å². The summed E-state index contributed by atoms with van der Waals surface area (Å²) >= 11 is 0. The number of nitrogens with one attached hydrogen (secondary N) is 1. The Labute approximate surface area is 125 Å². The Morgan fingerprint density at radius 2 is 1.95 bits per heavy atom. The first-order valence-corrected chi connectivity index (χ1v) is 7.36. The molecular formula is C15H24N2O4. The van der Waals surface area contributed by atoms with Crippen LogP contribution in [-0.2, 0) is 6.54 Å². The Hall–Kier alpha value is -1.98. The molecule has 0 aliphatic carbocycles. The predicted molar refractivity (Wildman–Crippen MR) is 79.2 cm³/mol. The number of carbonyl (C=O) groups is 2. The fraction of sp³-hybridized carbons (Fsp3) is 0.600. The van der Waals surface area contributed by atoms with E-state index in [1.807, 2.05) is 6.92 Å². The molecule has 1 aromatic rings. The molecule has 0 aromatic carbocycles. The van der Waals surface area contributed by atoms with Crippen molar-refractivity contribution in [2.24, 2.45) is 5.92 Å². The molecule has 1 aromatic heterocycles. The van der Waals surface area contributed by atoms with Gasteiger partial charge in [-0.3, -0.25) is 0 Å². The maximum absolute atomic E-state index is 12.1. The summed E-state index contributed by atoms with van der Waals surface area (Å²) in [5, 5.41) is 11.5. The fourth-order valence-electron chi connectivity index (χ4n) is 2.08. The van der Waals surface area contributed by atoms with Gasteiger partial charge >= 0.3 is 12.0 Å². The summed E-state index contributed by atoms with van der Waals surface area (Å²) in [6.45, 7) is 7.74. The maximum atomic E-state index is 12.1. The molecule has 118 valence electrons. The minimum Gasteiger partial charge on any atom is -0.475 e. The molecule has 0 aliphatic heterocycles. The lowest BCUT2D eigenvalue weighted by atomic mass is 10.0. The summed E-state index contributed by atoms with van der Waals surface area (Å²) in [5.74, 6) is -0.308. The van der Waals surface area contributed by atoms with Crippen LogP contribution in [0.2, 0.25) is 0 Å². The summed E-state index contributed by atoms with van der Waals surface area (Å²) in [5.41, 5.74) is 0. The van der Waals surface area contributed by atoms with Crippen molar-refractivity contribution in [1.29, 1.82) is 0 Å². The van der Waals surface area contributed by atoms with E-state index in [0.29, 0.717) is 18.2 Å². The number of rotatable bonds is 8. The number of hydrogen-bond donors (Lipinski definition) is 2. The van der Waals surface area contributed by atoms with E-state index in [0.717, 1.165) is 19.4 Å². The van der Waals surface area contributed by atoms with E-state index < -0.39 is 5.97 Å². The van der Waals surface area contributed by atoms with Gasteiger partial charge in [0, 0.05) is 13.1 Å². The largest absolute Gasteiger partial charge is 0.475 e. The normalized spacial score (nSPS) is 10.7. The average Bonchev–Trinajstić information content (AvgIpc) is 2.95. The topological polar surface area (TPSA) is 82.8 Å². The molecular weight excluding hydrogens is 272 g/mol. The summed E-state index contributed by atoms with van der Waals surface area (Å²) in [4.78, 5) is 24.6. The number of carboxylic acids is 1. The zero-order valence-electron chi connectivity index (χ0n) is 12.9. The highest BCUT2D eigenvalue weighted by atomic mass is 16.4. The molecule has 0 fully saturated rings. The number of nitrogens with zero attached hydrogens (tertiary/aromatic N) is 1. The molecule has 6 heteroatoms. The van der Waals surface area contributed by atoms with Gasteiger partial charge in [0.2, 0.25) is 5.76 Å². The molecule has 2 amide bonds. The van der Waals surface area contributed by atoms with Crippen LogP contribution in [0, 0.1) is 5.92 Å². The summed E-state index contributed by atoms with van der Waals surface area (Å²) in [6.07, 6.45) is 2.08. The second kappa shape index (κ2) is 8.34. The molecule has 1 rings (SSSR count). The van der Waals surface area contributed by atoms with Crippen LogP contribution in [0.25, 0.3) is 0 Å². The Kier molecular flexibility index (Phi) is 6.78. The maximum Gasteiger partial charge on any atom is 0.371 e. The van der Waals surface area contributed by atoms with E-state index in [4.69, 9.17) is 9.52 Å². The third-order valence-electron chi connectivity index (χ3n) is 3.59. The second-order valence-electron chi connectivity index (χ2n) is 4.95. The van der Waals surface area contributed by atoms with Crippen LogP contribution in [-0.4, -0.2) is 35.1 Å². The number of carbonyl (C=O) groups excluding carboxylic acids is 1. The molecule has 0 aliphatic rings. The number of furan rings is 1. The number of amides is 2. The van der Waals surface area contributed by atoms with Crippen LogP contribution in [0.1, 0.15) is 49.9 Å². The van der Waals surface area contributed by atoms with Crippen molar-refractivity contribution in [3.05, 3.63) is 23.7 Å². The lowest BCUT2D eigenvalue weighted by Gasteiger charge is -2.25. The minimum atomic E-state index is -1.11. The first-order chi connectivity index (χ1) is 10.0. The van der Waals surface area contributed by atoms with Crippen LogP contribution in [0.5, 0.6) is 0 Å². The molecule has 0 bridgehead atoms. The summed E-state index contributed by atoms with van der Waals surface area (Å²) < 4.78 is 5.10.